The lowest BCUT2D eigenvalue weighted by molar-refractivity contribution is 1.10. The van der Waals surface area contributed by atoms with Crippen LogP contribution in [0.1, 0.15) is 5.69 Å². The van der Waals surface area contributed by atoms with E-state index in [1.54, 1.807) is 6.20 Å². The van der Waals surface area contributed by atoms with Gasteiger partial charge in [-0.15, -0.1) is 0 Å². The van der Waals surface area contributed by atoms with Gasteiger partial charge in [-0.1, -0.05) is 15.9 Å². The topological polar surface area (TPSA) is 43.3 Å². The van der Waals surface area contributed by atoms with Crippen molar-refractivity contribution in [1.82, 2.24) is 9.38 Å². The van der Waals surface area contributed by atoms with E-state index in [2.05, 4.69) is 20.9 Å². The van der Waals surface area contributed by atoms with Gasteiger partial charge in [-0.25, -0.2) is 4.98 Å². The van der Waals surface area contributed by atoms with Gasteiger partial charge in [-0.3, -0.25) is 4.40 Å². The van der Waals surface area contributed by atoms with Crippen molar-refractivity contribution in [2.45, 2.75) is 6.92 Å². The van der Waals surface area contributed by atoms with Crippen molar-refractivity contribution in [2.24, 2.45) is 0 Å². The van der Waals surface area contributed by atoms with Crippen molar-refractivity contribution >= 4 is 27.4 Å². The number of nitrogen functional groups attached to an aromatic ring is 1. The number of anilines is 1. The Morgan fingerprint density at radius 3 is 3.00 bits per heavy atom. The molecular formula is C8H8BrN3. The molecule has 0 aromatic carbocycles. The summed E-state index contributed by atoms with van der Waals surface area (Å²) in [5.41, 5.74) is 7.66. The molecule has 4 heteroatoms. The predicted molar refractivity (Wildman–Crippen MR) is 52.0 cm³/mol. The molecule has 0 radical (unpaired) electrons. The molecule has 2 heterocycles. The van der Waals surface area contributed by atoms with Gasteiger partial charge in [0, 0.05) is 10.2 Å². The number of aryl methyl sites for hydroxylation is 1. The number of nitrogens with zero attached hydrogens (tertiary/aromatic N) is 2. The Hall–Kier alpha value is -1.03. The fraction of sp³-hybridized carbons (Fsp3) is 0.125. The van der Waals surface area contributed by atoms with E-state index >= 15 is 0 Å². The maximum absolute atomic E-state index is 5.71. The molecule has 0 spiro atoms. The molecular weight excluding hydrogens is 218 g/mol. The number of hydrogen-bond acceptors (Lipinski definition) is 2. The van der Waals surface area contributed by atoms with Crippen molar-refractivity contribution < 1.29 is 0 Å². The smallest absolute Gasteiger partial charge is 0.139 e. The van der Waals surface area contributed by atoms with E-state index in [1.165, 1.54) is 0 Å². The lowest BCUT2D eigenvalue weighted by Crippen LogP contribution is -1.96. The van der Waals surface area contributed by atoms with Crippen LogP contribution in [0.4, 0.5) is 5.82 Å². The molecule has 62 valence electrons. The van der Waals surface area contributed by atoms with Crippen molar-refractivity contribution in [3.8, 4) is 0 Å². The van der Waals surface area contributed by atoms with Gasteiger partial charge in [0.25, 0.3) is 0 Å². The van der Waals surface area contributed by atoms with Gasteiger partial charge in [0.2, 0.25) is 0 Å². The number of pyridine rings is 1. The van der Waals surface area contributed by atoms with Crippen LogP contribution in [-0.2, 0) is 0 Å². The van der Waals surface area contributed by atoms with E-state index in [1.807, 2.05) is 23.5 Å². The van der Waals surface area contributed by atoms with Crippen LogP contribution in [0.25, 0.3) is 5.65 Å². The molecule has 0 saturated heterocycles. The molecule has 0 amide bonds. The van der Waals surface area contributed by atoms with Crippen LogP contribution < -0.4 is 5.73 Å². The molecule has 2 aromatic heterocycles. The second kappa shape index (κ2) is 2.48. The Morgan fingerprint density at radius 1 is 1.50 bits per heavy atom. The summed E-state index contributed by atoms with van der Waals surface area (Å²) < 4.78 is 2.93. The molecule has 0 bridgehead atoms. The molecule has 0 aliphatic heterocycles. The van der Waals surface area contributed by atoms with Crippen LogP contribution >= 0.6 is 15.9 Å². The normalized spacial score (nSPS) is 10.8. The lowest BCUT2D eigenvalue weighted by atomic mass is 10.4. The van der Waals surface area contributed by atoms with Gasteiger partial charge in [0.05, 0.1) is 6.20 Å². The molecule has 2 aromatic rings. The zero-order valence-corrected chi connectivity index (χ0v) is 8.17. The molecule has 12 heavy (non-hydrogen) atoms. The zero-order valence-electron chi connectivity index (χ0n) is 6.58. The second-order valence-electron chi connectivity index (χ2n) is 2.69. The van der Waals surface area contributed by atoms with Crippen LogP contribution in [0, 0.1) is 6.92 Å². The number of rotatable bonds is 0. The molecule has 0 fully saturated rings. The standard InChI is InChI=1S/C8H8BrN3/c1-5-2-6(9)3-8-11-4-7(10)12(5)8/h2-4H,10H2,1H3. The summed E-state index contributed by atoms with van der Waals surface area (Å²) in [5.74, 6) is 0.676. The van der Waals surface area contributed by atoms with E-state index in [9.17, 15) is 0 Å². The first-order valence-corrected chi connectivity index (χ1v) is 4.37. The van der Waals surface area contributed by atoms with Crippen LogP contribution in [0.5, 0.6) is 0 Å². The fourth-order valence-electron chi connectivity index (χ4n) is 1.30. The number of halogens is 1. The summed E-state index contributed by atoms with van der Waals surface area (Å²) in [6.07, 6.45) is 1.66. The molecule has 0 unspecified atom stereocenters. The van der Waals surface area contributed by atoms with Crippen LogP contribution in [0.2, 0.25) is 0 Å². The first kappa shape index (κ1) is 7.61. The summed E-state index contributed by atoms with van der Waals surface area (Å²) in [6, 6.07) is 3.94. The molecule has 3 nitrogen and oxygen atoms in total. The summed E-state index contributed by atoms with van der Waals surface area (Å²) in [5, 5.41) is 0. The van der Waals surface area contributed by atoms with Crippen molar-refractivity contribution in [3.63, 3.8) is 0 Å². The summed E-state index contributed by atoms with van der Waals surface area (Å²) in [6.45, 7) is 2.00. The van der Waals surface area contributed by atoms with E-state index in [4.69, 9.17) is 5.73 Å². The number of fused-ring (bicyclic) bond motifs is 1. The first-order chi connectivity index (χ1) is 5.68. The van der Waals surface area contributed by atoms with Crippen LogP contribution in [0.3, 0.4) is 0 Å². The van der Waals surface area contributed by atoms with Gasteiger partial charge in [-0.2, -0.15) is 0 Å². The highest BCUT2D eigenvalue weighted by atomic mass is 79.9. The van der Waals surface area contributed by atoms with Crippen molar-refractivity contribution in [2.75, 3.05) is 5.73 Å². The third-order valence-electron chi connectivity index (χ3n) is 1.78. The average Bonchev–Trinajstić information content (AvgIpc) is 2.31. The predicted octanol–water partition coefficient (Wildman–Crippen LogP) is 1.99. The third-order valence-corrected chi connectivity index (χ3v) is 2.24. The van der Waals surface area contributed by atoms with Gasteiger partial charge in [0.15, 0.2) is 0 Å². The monoisotopic (exact) mass is 225 g/mol. The third kappa shape index (κ3) is 0.992. The Kier molecular flexibility index (Phi) is 1.58. The number of imidazole rings is 1. The largest absolute Gasteiger partial charge is 0.383 e. The second-order valence-corrected chi connectivity index (χ2v) is 3.61. The highest BCUT2D eigenvalue weighted by molar-refractivity contribution is 9.10. The molecule has 0 saturated carbocycles. The number of nitrogens with two attached hydrogens (primary N) is 1. The zero-order chi connectivity index (χ0) is 8.72. The minimum Gasteiger partial charge on any atom is -0.383 e. The van der Waals surface area contributed by atoms with Crippen LogP contribution in [0.15, 0.2) is 22.8 Å². The van der Waals surface area contributed by atoms with Crippen LogP contribution in [-0.4, -0.2) is 9.38 Å². The van der Waals surface area contributed by atoms with Crippen molar-refractivity contribution in [1.29, 1.82) is 0 Å². The Bertz CT molecular complexity index is 433. The Balaban J connectivity index is 2.93. The minimum absolute atomic E-state index is 0.676. The number of aromatic nitrogens is 2. The number of hydrogen-bond donors (Lipinski definition) is 1. The average molecular weight is 226 g/mol. The maximum Gasteiger partial charge on any atom is 0.139 e. The Labute approximate surface area is 78.3 Å². The quantitative estimate of drug-likeness (QED) is 0.746. The molecule has 0 atom stereocenters. The minimum atomic E-state index is 0.676. The summed E-state index contributed by atoms with van der Waals surface area (Å²) >= 11 is 3.40. The van der Waals surface area contributed by atoms with Gasteiger partial charge in [0.1, 0.15) is 11.5 Å². The van der Waals surface area contributed by atoms with E-state index in [0.717, 1.165) is 15.8 Å². The van der Waals surface area contributed by atoms with E-state index in [0.29, 0.717) is 5.82 Å². The summed E-state index contributed by atoms with van der Waals surface area (Å²) in [7, 11) is 0. The molecule has 0 aliphatic carbocycles. The van der Waals surface area contributed by atoms with Crippen molar-refractivity contribution in [3.05, 3.63) is 28.5 Å². The fourth-order valence-corrected chi connectivity index (χ4v) is 1.83. The highest BCUT2D eigenvalue weighted by Gasteiger charge is 2.02. The first-order valence-electron chi connectivity index (χ1n) is 3.57. The van der Waals surface area contributed by atoms with E-state index < -0.39 is 0 Å². The highest BCUT2D eigenvalue weighted by Crippen LogP contribution is 2.18. The molecule has 2 N–H and O–H groups in total. The maximum atomic E-state index is 5.71. The lowest BCUT2D eigenvalue weighted by Gasteiger charge is -2.01. The summed E-state index contributed by atoms with van der Waals surface area (Å²) in [4.78, 5) is 4.15. The SMILES string of the molecule is Cc1cc(Br)cc2ncc(N)n12. The van der Waals surface area contributed by atoms with E-state index in [-0.39, 0.29) is 0 Å². The van der Waals surface area contributed by atoms with Gasteiger partial charge in [-0.05, 0) is 19.1 Å². The Morgan fingerprint density at radius 2 is 2.25 bits per heavy atom. The molecule has 2 rings (SSSR count). The van der Waals surface area contributed by atoms with Gasteiger partial charge >= 0.3 is 0 Å². The molecule has 0 aliphatic rings. The van der Waals surface area contributed by atoms with Gasteiger partial charge < -0.3 is 5.73 Å².